The lowest BCUT2D eigenvalue weighted by molar-refractivity contribution is -0.136. The second-order valence-electron chi connectivity index (χ2n) is 4.77. The highest BCUT2D eigenvalue weighted by Gasteiger charge is 2.12. The number of carbonyl (C=O) groups is 2. The number of aliphatic hydroxyl groups is 1. The third-order valence-electron chi connectivity index (χ3n) is 2.97. The molecule has 116 valence electrons. The van der Waals surface area contributed by atoms with Crippen molar-refractivity contribution in [2.75, 3.05) is 25.0 Å². The molecule has 0 aliphatic carbocycles. The number of nitrogens with zero attached hydrogens (tertiary/aromatic N) is 1. The summed E-state index contributed by atoms with van der Waals surface area (Å²) >= 11 is 0. The van der Waals surface area contributed by atoms with Gasteiger partial charge in [0.05, 0.1) is 13.0 Å². The van der Waals surface area contributed by atoms with E-state index >= 15 is 0 Å². The fourth-order valence-electron chi connectivity index (χ4n) is 1.92. The van der Waals surface area contributed by atoms with Crippen molar-refractivity contribution in [1.82, 2.24) is 4.90 Å². The Labute approximate surface area is 124 Å². The zero-order valence-corrected chi connectivity index (χ0v) is 12.2. The Morgan fingerprint density at radius 3 is 2.67 bits per heavy atom. The zero-order chi connectivity index (χ0) is 15.7. The first-order valence-electron chi connectivity index (χ1n) is 7.04. The molecule has 6 nitrogen and oxygen atoms in total. The van der Waals surface area contributed by atoms with Crippen LogP contribution in [-0.2, 0) is 11.2 Å². The maximum atomic E-state index is 12.1. The Hall–Kier alpha value is -2.08. The van der Waals surface area contributed by atoms with Gasteiger partial charge in [-0.1, -0.05) is 25.5 Å². The molecule has 2 amide bonds. The van der Waals surface area contributed by atoms with Gasteiger partial charge in [0, 0.05) is 18.8 Å². The fraction of sp³-hybridized carbons (Fsp3) is 0.467. The van der Waals surface area contributed by atoms with E-state index in [-0.39, 0.29) is 25.6 Å². The number of carboxylic acid groups (broad SMARTS) is 1. The van der Waals surface area contributed by atoms with Gasteiger partial charge in [0.25, 0.3) is 0 Å². The number of nitrogens with one attached hydrogen (secondary N) is 1. The first kappa shape index (κ1) is 17.0. The molecule has 0 atom stereocenters. The zero-order valence-electron chi connectivity index (χ0n) is 12.2. The topological polar surface area (TPSA) is 89.9 Å². The summed E-state index contributed by atoms with van der Waals surface area (Å²) in [6.07, 6.45) is 1.75. The van der Waals surface area contributed by atoms with Gasteiger partial charge in [0.1, 0.15) is 0 Å². The molecule has 0 spiro atoms. The Kier molecular flexibility index (Phi) is 7.25. The predicted octanol–water partition coefficient (Wildman–Crippen LogP) is 1.94. The van der Waals surface area contributed by atoms with Crippen LogP contribution in [0.25, 0.3) is 0 Å². The van der Waals surface area contributed by atoms with Crippen molar-refractivity contribution in [3.63, 3.8) is 0 Å². The number of carboxylic acids is 1. The molecule has 0 aliphatic heterocycles. The molecule has 0 saturated carbocycles. The van der Waals surface area contributed by atoms with Crippen LogP contribution < -0.4 is 5.32 Å². The molecule has 0 unspecified atom stereocenters. The molecule has 1 aromatic rings. The number of aliphatic carboxylic acids is 1. The third-order valence-corrected chi connectivity index (χ3v) is 2.97. The molecule has 1 aromatic carbocycles. The van der Waals surface area contributed by atoms with Gasteiger partial charge in [0.2, 0.25) is 0 Å². The van der Waals surface area contributed by atoms with Crippen LogP contribution in [0.4, 0.5) is 10.5 Å². The Bertz CT molecular complexity index is 476. The second kappa shape index (κ2) is 8.97. The van der Waals surface area contributed by atoms with E-state index in [1.165, 1.54) is 0 Å². The van der Waals surface area contributed by atoms with Gasteiger partial charge in [-0.2, -0.15) is 0 Å². The van der Waals surface area contributed by atoms with Crippen molar-refractivity contribution in [2.45, 2.75) is 26.2 Å². The van der Waals surface area contributed by atoms with Gasteiger partial charge in [-0.15, -0.1) is 0 Å². The lowest BCUT2D eigenvalue weighted by Crippen LogP contribution is -2.37. The van der Waals surface area contributed by atoms with Crippen LogP contribution >= 0.6 is 0 Å². The van der Waals surface area contributed by atoms with Gasteiger partial charge in [-0.3, -0.25) is 4.79 Å². The molecule has 0 fully saturated rings. The van der Waals surface area contributed by atoms with E-state index in [0.717, 1.165) is 12.8 Å². The summed E-state index contributed by atoms with van der Waals surface area (Å²) in [5, 5.41) is 20.5. The van der Waals surface area contributed by atoms with E-state index in [1.54, 1.807) is 29.2 Å². The summed E-state index contributed by atoms with van der Waals surface area (Å²) < 4.78 is 0. The normalized spacial score (nSPS) is 10.2. The van der Waals surface area contributed by atoms with Gasteiger partial charge >= 0.3 is 12.0 Å². The molecule has 0 saturated heterocycles. The summed E-state index contributed by atoms with van der Waals surface area (Å²) in [5.41, 5.74) is 1.18. The first-order chi connectivity index (χ1) is 10.1. The minimum Gasteiger partial charge on any atom is -0.481 e. The monoisotopic (exact) mass is 294 g/mol. The SMILES string of the molecule is CCCCN(CCO)C(=O)Nc1cccc(CC(=O)O)c1. The van der Waals surface area contributed by atoms with E-state index in [0.29, 0.717) is 17.8 Å². The van der Waals surface area contributed by atoms with Crippen molar-refractivity contribution in [1.29, 1.82) is 0 Å². The number of urea groups is 1. The maximum Gasteiger partial charge on any atom is 0.321 e. The number of amides is 2. The smallest absolute Gasteiger partial charge is 0.321 e. The fourth-order valence-corrected chi connectivity index (χ4v) is 1.92. The highest BCUT2D eigenvalue weighted by molar-refractivity contribution is 5.89. The number of hydrogen-bond donors (Lipinski definition) is 3. The van der Waals surface area contributed by atoms with E-state index in [1.807, 2.05) is 6.92 Å². The first-order valence-corrected chi connectivity index (χ1v) is 7.04. The van der Waals surface area contributed by atoms with Crippen LogP contribution in [0, 0.1) is 0 Å². The molecule has 0 radical (unpaired) electrons. The average Bonchev–Trinajstić information content (AvgIpc) is 2.43. The number of hydrogen-bond acceptors (Lipinski definition) is 3. The summed E-state index contributed by atoms with van der Waals surface area (Å²) in [5.74, 6) is -0.914. The number of anilines is 1. The molecule has 6 heteroatoms. The summed E-state index contributed by atoms with van der Waals surface area (Å²) in [7, 11) is 0. The van der Waals surface area contributed by atoms with Crippen molar-refractivity contribution >= 4 is 17.7 Å². The van der Waals surface area contributed by atoms with Crippen LogP contribution in [0.1, 0.15) is 25.3 Å². The Morgan fingerprint density at radius 1 is 1.29 bits per heavy atom. The van der Waals surface area contributed by atoms with E-state index < -0.39 is 5.97 Å². The van der Waals surface area contributed by atoms with Crippen molar-refractivity contribution in [3.05, 3.63) is 29.8 Å². The number of carbonyl (C=O) groups excluding carboxylic acids is 1. The van der Waals surface area contributed by atoms with Crippen LogP contribution in [0.3, 0.4) is 0 Å². The highest BCUT2D eigenvalue weighted by atomic mass is 16.4. The van der Waals surface area contributed by atoms with Crippen LogP contribution in [-0.4, -0.2) is 46.8 Å². The Morgan fingerprint density at radius 2 is 2.05 bits per heavy atom. The summed E-state index contributed by atoms with van der Waals surface area (Å²) in [6, 6.07) is 6.47. The Balaban J connectivity index is 2.68. The van der Waals surface area contributed by atoms with E-state index in [4.69, 9.17) is 10.2 Å². The third kappa shape index (κ3) is 6.27. The quantitative estimate of drug-likeness (QED) is 0.683. The predicted molar refractivity (Wildman–Crippen MR) is 80.4 cm³/mol. The maximum absolute atomic E-state index is 12.1. The lowest BCUT2D eigenvalue weighted by atomic mass is 10.1. The highest BCUT2D eigenvalue weighted by Crippen LogP contribution is 2.12. The van der Waals surface area contributed by atoms with Gasteiger partial charge in [0.15, 0.2) is 0 Å². The minimum absolute atomic E-state index is 0.0834. The molecule has 21 heavy (non-hydrogen) atoms. The van der Waals surface area contributed by atoms with Crippen molar-refractivity contribution in [3.8, 4) is 0 Å². The molecule has 0 aromatic heterocycles. The van der Waals surface area contributed by atoms with Crippen LogP contribution in [0.2, 0.25) is 0 Å². The van der Waals surface area contributed by atoms with Gasteiger partial charge in [-0.25, -0.2) is 4.79 Å². The van der Waals surface area contributed by atoms with E-state index in [2.05, 4.69) is 5.32 Å². The van der Waals surface area contributed by atoms with Gasteiger partial charge < -0.3 is 20.4 Å². The minimum atomic E-state index is -0.914. The van der Waals surface area contributed by atoms with Crippen molar-refractivity contribution in [2.24, 2.45) is 0 Å². The van der Waals surface area contributed by atoms with Crippen LogP contribution in [0.15, 0.2) is 24.3 Å². The van der Waals surface area contributed by atoms with Crippen LogP contribution in [0.5, 0.6) is 0 Å². The van der Waals surface area contributed by atoms with Crippen molar-refractivity contribution < 1.29 is 19.8 Å². The molecular weight excluding hydrogens is 272 g/mol. The largest absolute Gasteiger partial charge is 0.481 e. The van der Waals surface area contributed by atoms with Gasteiger partial charge in [-0.05, 0) is 24.1 Å². The molecule has 0 aliphatic rings. The average molecular weight is 294 g/mol. The molecule has 0 heterocycles. The standard InChI is InChI=1S/C15H22N2O4/c1-2-3-7-17(8-9-18)15(21)16-13-6-4-5-12(10-13)11-14(19)20/h4-6,10,18H,2-3,7-9,11H2,1H3,(H,16,21)(H,19,20). The second-order valence-corrected chi connectivity index (χ2v) is 4.77. The number of unbranched alkanes of at least 4 members (excludes halogenated alkanes) is 1. The lowest BCUT2D eigenvalue weighted by Gasteiger charge is -2.22. The van der Waals surface area contributed by atoms with E-state index in [9.17, 15) is 9.59 Å². The molecule has 1 rings (SSSR count). The summed E-state index contributed by atoms with van der Waals surface area (Å²) in [6.45, 7) is 2.80. The summed E-state index contributed by atoms with van der Waals surface area (Å²) in [4.78, 5) is 24.4. The molecular formula is C15H22N2O4. The molecule has 0 bridgehead atoms. The number of benzene rings is 1. The molecule has 3 N–H and O–H groups in total. The number of aliphatic hydroxyl groups excluding tert-OH is 1. The number of rotatable bonds is 8.